The van der Waals surface area contributed by atoms with Crippen molar-refractivity contribution in [3.63, 3.8) is 0 Å². The Morgan fingerprint density at radius 1 is 0.870 bits per heavy atom. The minimum atomic E-state index is -0.390. The van der Waals surface area contributed by atoms with Gasteiger partial charge in [0.05, 0.1) is 18.8 Å². The highest BCUT2D eigenvalue weighted by molar-refractivity contribution is 5.90. The fraction of sp³-hybridized carbons (Fsp3) is 0.438. The first-order valence-electron chi connectivity index (χ1n) is 7.29. The number of amides is 1. The van der Waals surface area contributed by atoms with E-state index < -0.39 is 0 Å². The van der Waals surface area contributed by atoms with Crippen LogP contribution >= 0.6 is 0 Å². The van der Waals surface area contributed by atoms with E-state index in [-0.39, 0.29) is 31.1 Å². The highest BCUT2D eigenvalue weighted by Crippen LogP contribution is 2.16. The van der Waals surface area contributed by atoms with Gasteiger partial charge in [-0.15, -0.1) is 0 Å². The summed E-state index contributed by atoms with van der Waals surface area (Å²) in [6.45, 7) is 4.95. The SMILES string of the molecule is CC(=O)OCCN(CCOC(C)=O)N(C(C)=O)c1ccccc1. The van der Waals surface area contributed by atoms with E-state index in [0.29, 0.717) is 18.8 Å². The molecule has 0 N–H and O–H groups in total. The van der Waals surface area contributed by atoms with Gasteiger partial charge in [0.25, 0.3) is 0 Å². The van der Waals surface area contributed by atoms with Crippen LogP contribution in [0.25, 0.3) is 0 Å². The van der Waals surface area contributed by atoms with Crippen LogP contribution in [0.15, 0.2) is 30.3 Å². The van der Waals surface area contributed by atoms with Gasteiger partial charge in [0, 0.05) is 20.8 Å². The Hall–Kier alpha value is -2.41. The number of carbonyl (C=O) groups excluding carboxylic acids is 3. The van der Waals surface area contributed by atoms with E-state index in [9.17, 15) is 14.4 Å². The summed E-state index contributed by atoms with van der Waals surface area (Å²) in [5, 5.41) is 3.16. The Kier molecular flexibility index (Phi) is 7.76. The third-order valence-electron chi connectivity index (χ3n) is 2.89. The third kappa shape index (κ3) is 6.92. The maximum absolute atomic E-state index is 12.0. The molecule has 0 bridgehead atoms. The Morgan fingerprint density at radius 2 is 1.35 bits per heavy atom. The zero-order valence-electron chi connectivity index (χ0n) is 13.7. The topological polar surface area (TPSA) is 76.2 Å². The van der Waals surface area contributed by atoms with Crippen LogP contribution in [-0.4, -0.2) is 49.2 Å². The predicted octanol–water partition coefficient (Wildman–Crippen LogP) is 1.38. The molecule has 0 saturated carbocycles. The van der Waals surface area contributed by atoms with Crippen LogP contribution in [-0.2, 0) is 23.9 Å². The van der Waals surface area contributed by atoms with Gasteiger partial charge in [-0.3, -0.25) is 14.4 Å². The third-order valence-corrected chi connectivity index (χ3v) is 2.89. The lowest BCUT2D eigenvalue weighted by Crippen LogP contribution is -2.49. The number of carbonyl (C=O) groups is 3. The number of para-hydroxylation sites is 1. The molecule has 1 aromatic carbocycles. The van der Waals surface area contributed by atoms with Gasteiger partial charge < -0.3 is 9.47 Å². The van der Waals surface area contributed by atoms with Crippen molar-refractivity contribution in [2.75, 3.05) is 31.3 Å². The minimum Gasteiger partial charge on any atom is -0.464 e. The molecule has 23 heavy (non-hydrogen) atoms. The summed E-state index contributed by atoms with van der Waals surface area (Å²) in [4.78, 5) is 33.9. The molecule has 1 aromatic rings. The average Bonchev–Trinajstić information content (AvgIpc) is 2.47. The van der Waals surface area contributed by atoms with Crippen LogP contribution in [0.3, 0.4) is 0 Å². The zero-order valence-corrected chi connectivity index (χ0v) is 13.7. The molecular formula is C16H22N2O5. The second kappa shape index (κ2) is 9.58. The number of esters is 2. The minimum absolute atomic E-state index is 0.131. The van der Waals surface area contributed by atoms with Crippen molar-refractivity contribution in [2.24, 2.45) is 0 Å². The lowest BCUT2D eigenvalue weighted by atomic mass is 10.3. The molecule has 1 amide bonds. The summed E-state index contributed by atoms with van der Waals surface area (Å²) in [5.74, 6) is -0.972. The summed E-state index contributed by atoms with van der Waals surface area (Å²) in [5.41, 5.74) is 0.686. The Bertz CT molecular complexity index is 513. The van der Waals surface area contributed by atoms with E-state index in [4.69, 9.17) is 9.47 Å². The van der Waals surface area contributed by atoms with E-state index in [1.54, 1.807) is 17.1 Å². The summed E-state index contributed by atoms with van der Waals surface area (Å²) < 4.78 is 9.88. The van der Waals surface area contributed by atoms with E-state index in [1.165, 1.54) is 25.8 Å². The fourth-order valence-corrected chi connectivity index (χ4v) is 2.01. The number of hydrogen-bond donors (Lipinski definition) is 0. The second-order valence-corrected chi connectivity index (χ2v) is 4.80. The first-order chi connectivity index (χ1) is 10.9. The van der Waals surface area contributed by atoms with Crippen LogP contribution < -0.4 is 5.01 Å². The van der Waals surface area contributed by atoms with Crippen molar-refractivity contribution in [2.45, 2.75) is 20.8 Å². The standard InChI is InChI=1S/C16H22N2O5/c1-13(19)18(16-7-5-4-6-8-16)17(9-11-22-14(2)20)10-12-23-15(3)21/h4-8H,9-12H2,1-3H3. The molecule has 0 saturated heterocycles. The molecule has 0 aromatic heterocycles. The maximum atomic E-state index is 12.0. The van der Waals surface area contributed by atoms with E-state index in [2.05, 4.69) is 0 Å². The van der Waals surface area contributed by atoms with E-state index >= 15 is 0 Å². The van der Waals surface area contributed by atoms with Gasteiger partial charge >= 0.3 is 11.9 Å². The highest BCUT2D eigenvalue weighted by atomic mass is 16.5. The zero-order chi connectivity index (χ0) is 17.2. The molecule has 0 fully saturated rings. The summed E-state index contributed by atoms with van der Waals surface area (Å²) in [6, 6.07) is 9.09. The monoisotopic (exact) mass is 322 g/mol. The normalized spacial score (nSPS) is 10.3. The molecule has 0 radical (unpaired) electrons. The van der Waals surface area contributed by atoms with Crippen molar-refractivity contribution in [3.8, 4) is 0 Å². The molecule has 0 aliphatic rings. The van der Waals surface area contributed by atoms with Gasteiger partial charge in [-0.05, 0) is 12.1 Å². The van der Waals surface area contributed by atoms with Crippen LogP contribution in [0.5, 0.6) is 0 Å². The molecule has 0 unspecified atom stereocenters. The Morgan fingerprint density at radius 3 is 1.74 bits per heavy atom. The van der Waals surface area contributed by atoms with Gasteiger partial charge in [0.1, 0.15) is 13.2 Å². The molecule has 0 aliphatic carbocycles. The quantitative estimate of drug-likeness (QED) is 0.532. The molecule has 0 spiro atoms. The second-order valence-electron chi connectivity index (χ2n) is 4.80. The predicted molar refractivity (Wildman–Crippen MR) is 84.4 cm³/mol. The lowest BCUT2D eigenvalue weighted by molar-refractivity contribution is -0.141. The molecule has 1 rings (SSSR count). The number of hydrazine groups is 1. The van der Waals surface area contributed by atoms with Crippen molar-refractivity contribution in [1.82, 2.24) is 5.01 Å². The van der Waals surface area contributed by atoms with Crippen molar-refractivity contribution in [3.05, 3.63) is 30.3 Å². The summed E-state index contributed by atoms with van der Waals surface area (Å²) >= 11 is 0. The Balaban J connectivity index is 2.85. The van der Waals surface area contributed by atoms with Gasteiger partial charge in [0.15, 0.2) is 0 Å². The van der Waals surface area contributed by atoms with Gasteiger partial charge in [-0.2, -0.15) is 0 Å². The van der Waals surface area contributed by atoms with Crippen molar-refractivity contribution in [1.29, 1.82) is 0 Å². The smallest absolute Gasteiger partial charge is 0.302 e. The summed E-state index contributed by atoms with van der Waals surface area (Å²) in [7, 11) is 0. The molecule has 7 nitrogen and oxygen atoms in total. The molecule has 126 valence electrons. The van der Waals surface area contributed by atoms with Gasteiger partial charge in [-0.25, -0.2) is 10.0 Å². The first-order valence-corrected chi connectivity index (χ1v) is 7.29. The van der Waals surface area contributed by atoms with E-state index in [1.807, 2.05) is 18.2 Å². The average molecular weight is 322 g/mol. The first kappa shape index (κ1) is 18.6. The Labute approximate surface area is 135 Å². The number of ether oxygens (including phenoxy) is 2. The molecule has 0 atom stereocenters. The number of hydrogen-bond acceptors (Lipinski definition) is 6. The fourth-order valence-electron chi connectivity index (χ4n) is 2.01. The van der Waals surface area contributed by atoms with E-state index in [0.717, 1.165) is 0 Å². The molecule has 0 aliphatic heterocycles. The lowest BCUT2D eigenvalue weighted by Gasteiger charge is -2.33. The number of nitrogens with zero attached hydrogens (tertiary/aromatic N) is 2. The van der Waals surface area contributed by atoms with Crippen LogP contribution in [0.4, 0.5) is 5.69 Å². The van der Waals surface area contributed by atoms with Crippen LogP contribution in [0.1, 0.15) is 20.8 Å². The van der Waals surface area contributed by atoms with Crippen molar-refractivity contribution >= 4 is 23.5 Å². The highest BCUT2D eigenvalue weighted by Gasteiger charge is 2.20. The van der Waals surface area contributed by atoms with Crippen molar-refractivity contribution < 1.29 is 23.9 Å². The summed E-state index contributed by atoms with van der Waals surface area (Å²) in [6.07, 6.45) is 0. The number of rotatable bonds is 8. The van der Waals surface area contributed by atoms with Gasteiger partial charge in [-0.1, -0.05) is 18.2 Å². The molecule has 7 heteroatoms. The molecule has 0 heterocycles. The largest absolute Gasteiger partial charge is 0.464 e. The van der Waals surface area contributed by atoms with Crippen LogP contribution in [0, 0.1) is 0 Å². The van der Waals surface area contributed by atoms with Crippen LogP contribution in [0.2, 0.25) is 0 Å². The number of benzene rings is 1. The molecular weight excluding hydrogens is 300 g/mol. The number of anilines is 1. The van der Waals surface area contributed by atoms with Gasteiger partial charge in [0.2, 0.25) is 5.91 Å². The maximum Gasteiger partial charge on any atom is 0.302 e.